The molecule has 2 aromatic rings. The van der Waals surface area contributed by atoms with E-state index in [9.17, 15) is 4.79 Å². The van der Waals surface area contributed by atoms with Gasteiger partial charge in [0.2, 0.25) is 0 Å². The highest BCUT2D eigenvalue weighted by Crippen LogP contribution is 2.11. The van der Waals surface area contributed by atoms with Crippen LogP contribution in [0.25, 0.3) is 5.65 Å². The number of nitrogens with zero attached hydrogens (tertiary/aromatic N) is 2. The van der Waals surface area contributed by atoms with Crippen LogP contribution in [0.5, 0.6) is 0 Å². The van der Waals surface area contributed by atoms with Gasteiger partial charge in [0.25, 0.3) is 0 Å². The molecule has 8 nitrogen and oxygen atoms in total. The fraction of sp³-hybridized carbons (Fsp3) is 0.200. The Kier molecular flexibility index (Phi) is 5.86. The van der Waals surface area contributed by atoms with E-state index in [0.29, 0.717) is 12.3 Å². The summed E-state index contributed by atoms with van der Waals surface area (Å²) in [6.45, 7) is 2.15. The molecule has 0 atom stereocenters. The van der Waals surface area contributed by atoms with Gasteiger partial charge in [0, 0.05) is 9.77 Å². The first-order chi connectivity index (χ1) is 9.22. The van der Waals surface area contributed by atoms with Crippen molar-refractivity contribution < 1.29 is 27.1 Å². The zero-order valence-corrected chi connectivity index (χ0v) is 13.2. The van der Waals surface area contributed by atoms with E-state index in [1.54, 1.807) is 11.3 Å². The molecule has 10 heteroatoms. The molecule has 2 N–H and O–H groups in total. The van der Waals surface area contributed by atoms with Gasteiger partial charge in [0.1, 0.15) is 5.65 Å². The van der Waals surface area contributed by atoms with Crippen LogP contribution in [0.1, 0.15) is 17.4 Å². The van der Waals surface area contributed by atoms with Gasteiger partial charge >= 0.3 is 16.4 Å². The summed E-state index contributed by atoms with van der Waals surface area (Å²) in [5.74, 6) is -0.341. The van der Waals surface area contributed by atoms with Crippen LogP contribution in [0.3, 0.4) is 0 Å². The number of esters is 1. The molecule has 20 heavy (non-hydrogen) atoms. The summed E-state index contributed by atoms with van der Waals surface area (Å²) in [5.41, 5.74) is 1.21. The topological polar surface area (TPSA) is 118 Å². The van der Waals surface area contributed by atoms with Crippen LogP contribution in [0, 0.1) is 3.57 Å². The number of ether oxygens (including phenoxy) is 1. The average molecular weight is 414 g/mol. The van der Waals surface area contributed by atoms with Crippen molar-refractivity contribution in [2.45, 2.75) is 6.92 Å². The molecule has 0 unspecified atom stereocenters. The Morgan fingerprint density at radius 1 is 1.45 bits per heavy atom. The van der Waals surface area contributed by atoms with E-state index in [-0.39, 0.29) is 5.97 Å². The van der Waals surface area contributed by atoms with Crippen molar-refractivity contribution in [2.75, 3.05) is 6.61 Å². The highest BCUT2D eigenvalue weighted by molar-refractivity contribution is 14.1. The van der Waals surface area contributed by atoms with E-state index >= 15 is 0 Å². The molecule has 2 heterocycles. The third-order valence-corrected chi connectivity index (χ3v) is 2.59. The van der Waals surface area contributed by atoms with Gasteiger partial charge in [0.05, 0.1) is 12.8 Å². The summed E-state index contributed by atoms with van der Waals surface area (Å²) >= 11 is 2.19. The molecule has 0 radical (unpaired) electrons. The van der Waals surface area contributed by atoms with Gasteiger partial charge in [-0.25, -0.2) is 9.78 Å². The van der Waals surface area contributed by atoms with Gasteiger partial charge in [-0.05, 0) is 41.6 Å². The van der Waals surface area contributed by atoms with Crippen molar-refractivity contribution in [3.8, 4) is 0 Å². The van der Waals surface area contributed by atoms with E-state index in [1.807, 2.05) is 18.3 Å². The Labute approximate surface area is 128 Å². The normalized spacial score (nSPS) is 10.8. The summed E-state index contributed by atoms with van der Waals surface area (Å²) < 4.78 is 39.3. The Balaban J connectivity index is 0.000000347. The maximum absolute atomic E-state index is 11.5. The predicted molar refractivity (Wildman–Crippen MR) is 78.0 cm³/mol. The number of hydrogen-bond donors (Lipinski definition) is 2. The molecule has 2 aromatic heterocycles. The number of carbonyl (C=O) groups excluding carboxylic acids is 1. The van der Waals surface area contributed by atoms with Crippen LogP contribution in [-0.2, 0) is 15.1 Å². The lowest BCUT2D eigenvalue weighted by Crippen LogP contribution is -2.07. The van der Waals surface area contributed by atoms with Crippen LogP contribution in [0.15, 0.2) is 24.5 Å². The highest BCUT2D eigenvalue weighted by atomic mass is 127. The van der Waals surface area contributed by atoms with E-state index in [0.717, 1.165) is 9.22 Å². The quantitative estimate of drug-likeness (QED) is 0.434. The predicted octanol–water partition coefficient (Wildman–Crippen LogP) is 1.46. The smallest absolute Gasteiger partial charge is 0.394 e. The van der Waals surface area contributed by atoms with Crippen molar-refractivity contribution >= 4 is 44.6 Å². The van der Waals surface area contributed by atoms with Gasteiger partial charge in [-0.2, -0.15) is 8.42 Å². The molecule has 0 aliphatic rings. The van der Waals surface area contributed by atoms with Gasteiger partial charge < -0.3 is 4.74 Å². The Hall–Kier alpha value is -1.24. The van der Waals surface area contributed by atoms with E-state index in [1.165, 1.54) is 6.20 Å². The van der Waals surface area contributed by atoms with Crippen molar-refractivity contribution in [1.82, 2.24) is 9.38 Å². The highest BCUT2D eigenvalue weighted by Gasteiger charge is 2.12. The molecule has 0 aliphatic carbocycles. The molecule has 110 valence electrons. The summed E-state index contributed by atoms with van der Waals surface area (Å²) in [7, 11) is -4.67. The maximum atomic E-state index is 11.5. The monoisotopic (exact) mass is 414 g/mol. The number of imidazole rings is 1. The number of aromatic nitrogens is 2. The maximum Gasteiger partial charge on any atom is 0.394 e. The van der Waals surface area contributed by atoms with E-state index in [4.69, 9.17) is 22.3 Å². The molecule has 0 spiro atoms. The van der Waals surface area contributed by atoms with Crippen LogP contribution in [0.2, 0.25) is 0 Å². The van der Waals surface area contributed by atoms with Crippen molar-refractivity contribution in [3.05, 3.63) is 33.8 Å². The zero-order valence-electron chi connectivity index (χ0n) is 10.2. The standard InChI is InChI=1S/C10H9IN2O2.H2O4S/c1-2-15-10(14)8-5-12-9-4-3-7(11)6-13(8)9;1-5(2,3)4/h3-6H,2H2,1H3;(H2,1,2,3,4). The van der Waals surface area contributed by atoms with E-state index in [2.05, 4.69) is 27.6 Å². The zero-order chi connectivity index (χ0) is 15.3. The Morgan fingerprint density at radius 3 is 2.60 bits per heavy atom. The molecule has 0 fully saturated rings. The lowest BCUT2D eigenvalue weighted by Gasteiger charge is -2.01. The molecule has 0 aliphatic heterocycles. The first-order valence-electron chi connectivity index (χ1n) is 5.22. The van der Waals surface area contributed by atoms with Gasteiger partial charge in [-0.15, -0.1) is 0 Å². The summed E-state index contributed by atoms with van der Waals surface area (Å²) in [5, 5.41) is 0. The second-order valence-electron chi connectivity index (χ2n) is 3.39. The second-order valence-corrected chi connectivity index (χ2v) is 5.53. The molecule has 0 saturated heterocycles. The lowest BCUT2D eigenvalue weighted by atomic mass is 10.4. The van der Waals surface area contributed by atoms with Crippen LogP contribution >= 0.6 is 22.6 Å². The minimum atomic E-state index is -4.67. The molecule has 0 bridgehead atoms. The van der Waals surface area contributed by atoms with Crippen molar-refractivity contribution in [1.29, 1.82) is 0 Å². The van der Waals surface area contributed by atoms with Crippen LogP contribution in [0.4, 0.5) is 0 Å². The third-order valence-electron chi connectivity index (χ3n) is 1.95. The number of rotatable bonds is 2. The number of halogens is 1. The number of fused-ring (bicyclic) bond motifs is 1. The summed E-state index contributed by atoms with van der Waals surface area (Å²) in [6.07, 6.45) is 3.39. The Morgan fingerprint density at radius 2 is 2.05 bits per heavy atom. The molecular weight excluding hydrogens is 403 g/mol. The van der Waals surface area contributed by atoms with Crippen molar-refractivity contribution in [3.63, 3.8) is 0 Å². The fourth-order valence-electron chi connectivity index (χ4n) is 1.31. The molecule has 0 aromatic carbocycles. The SMILES string of the molecule is CCOC(=O)c1cnc2ccc(I)cn12.O=S(=O)(O)O. The van der Waals surface area contributed by atoms with Gasteiger partial charge in [-0.3, -0.25) is 13.5 Å². The third kappa shape index (κ3) is 5.40. The number of pyridine rings is 1. The van der Waals surface area contributed by atoms with Gasteiger partial charge in [0.15, 0.2) is 5.69 Å². The number of hydrogen-bond acceptors (Lipinski definition) is 5. The molecule has 2 rings (SSSR count). The fourth-order valence-corrected chi connectivity index (χ4v) is 1.77. The lowest BCUT2D eigenvalue weighted by molar-refractivity contribution is 0.0518. The number of carbonyl (C=O) groups is 1. The molecular formula is C10H11IN2O6S. The minimum absolute atomic E-state index is 0.341. The minimum Gasteiger partial charge on any atom is -0.461 e. The van der Waals surface area contributed by atoms with Crippen LogP contribution in [-0.4, -0.2) is 39.5 Å². The first-order valence-corrected chi connectivity index (χ1v) is 7.69. The Bertz CT molecular complexity index is 704. The van der Waals surface area contributed by atoms with Crippen LogP contribution < -0.4 is 0 Å². The average Bonchev–Trinajstić information content (AvgIpc) is 2.69. The first kappa shape index (κ1) is 16.8. The summed E-state index contributed by atoms with van der Waals surface area (Å²) in [4.78, 5) is 15.7. The molecule has 0 saturated carbocycles. The van der Waals surface area contributed by atoms with Gasteiger partial charge in [-0.1, -0.05) is 0 Å². The van der Waals surface area contributed by atoms with E-state index < -0.39 is 10.4 Å². The largest absolute Gasteiger partial charge is 0.461 e. The second kappa shape index (κ2) is 6.97. The molecule has 0 amide bonds. The summed E-state index contributed by atoms with van der Waals surface area (Å²) in [6, 6.07) is 3.81. The van der Waals surface area contributed by atoms with Crippen molar-refractivity contribution in [2.24, 2.45) is 0 Å².